The summed E-state index contributed by atoms with van der Waals surface area (Å²) in [4.78, 5) is 2.35. The highest BCUT2D eigenvalue weighted by Crippen LogP contribution is 2.37. The van der Waals surface area contributed by atoms with Crippen LogP contribution in [0.3, 0.4) is 0 Å². The zero-order valence-corrected chi connectivity index (χ0v) is 16.5. The van der Waals surface area contributed by atoms with Crippen molar-refractivity contribution in [1.29, 1.82) is 0 Å². The van der Waals surface area contributed by atoms with Gasteiger partial charge >= 0.3 is 0 Å². The highest BCUT2D eigenvalue weighted by Gasteiger charge is 2.31. The second-order valence-corrected chi connectivity index (χ2v) is 7.56. The molecule has 1 atom stereocenters. The molecule has 5 rings (SSSR count). The third-order valence-corrected chi connectivity index (χ3v) is 5.62. The summed E-state index contributed by atoms with van der Waals surface area (Å²) in [7, 11) is 0. The van der Waals surface area contributed by atoms with E-state index in [-0.39, 0.29) is 11.9 Å². The fraction of sp³-hybridized carbons (Fsp3) is 0.208. The van der Waals surface area contributed by atoms with Gasteiger partial charge in [-0.3, -0.25) is 0 Å². The van der Waals surface area contributed by atoms with Crippen molar-refractivity contribution >= 4 is 5.69 Å². The van der Waals surface area contributed by atoms with Gasteiger partial charge in [-0.1, -0.05) is 60.7 Å². The smallest absolute Gasteiger partial charge is 0.178 e. The van der Waals surface area contributed by atoms with Crippen molar-refractivity contribution in [2.75, 3.05) is 11.4 Å². The summed E-state index contributed by atoms with van der Waals surface area (Å²) in [5.74, 6) is 0.502. The zero-order valence-electron chi connectivity index (χ0n) is 16.5. The summed E-state index contributed by atoms with van der Waals surface area (Å²) >= 11 is 0. The Balaban J connectivity index is 1.61. The van der Waals surface area contributed by atoms with E-state index in [0.717, 1.165) is 36.3 Å². The second-order valence-electron chi connectivity index (χ2n) is 7.56. The molecule has 0 radical (unpaired) electrons. The zero-order chi connectivity index (χ0) is 20.3. The van der Waals surface area contributed by atoms with E-state index >= 15 is 0 Å². The molecular weight excluding hydrogens is 377 g/mol. The van der Waals surface area contributed by atoms with Crippen LogP contribution >= 0.6 is 0 Å². The minimum atomic E-state index is -0.250. The van der Waals surface area contributed by atoms with Crippen LogP contribution in [0.5, 0.6) is 0 Å². The minimum absolute atomic E-state index is 0.203. The normalized spacial score (nSPS) is 14.4. The van der Waals surface area contributed by atoms with Crippen LogP contribution in [0.15, 0.2) is 78.9 Å². The van der Waals surface area contributed by atoms with E-state index in [2.05, 4.69) is 56.8 Å². The maximum absolute atomic E-state index is 13.7. The van der Waals surface area contributed by atoms with E-state index in [1.807, 2.05) is 35.0 Å². The van der Waals surface area contributed by atoms with Gasteiger partial charge in [0.25, 0.3) is 0 Å². The highest BCUT2D eigenvalue weighted by molar-refractivity contribution is 5.58. The van der Waals surface area contributed by atoms with Crippen molar-refractivity contribution in [2.24, 2.45) is 0 Å². The number of nitrogens with zero attached hydrogens (tertiary/aromatic N) is 5. The summed E-state index contributed by atoms with van der Waals surface area (Å²) in [5, 5.41) is 12.7. The summed E-state index contributed by atoms with van der Waals surface area (Å²) in [5.41, 5.74) is 4.60. The fourth-order valence-corrected chi connectivity index (χ4v) is 4.22. The van der Waals surface area contributed by atoms with Crippen LogP contribution in [0.25, 0.3) is 0 Å². The van der Waals surface area contributed by atoms with E-state index in [1.54, 1.807) is 0 Å². The van der Waals surface area contributed by atoms with Crippen LogP contribution in [0.4, 0.5) is 10.1 Å². The Hall–Kier alpha value is -3.54. The molecule has 1 aliphatic heterocycles. The Kier molecular flexibility index (Phi) is 4.97. The fourth-order valence-electron chi connectivity index (χ4n) is 4.22. The molecule has 0 fully saturated rings. The van der Waals surface area contributed by atoms with Crippen LogP contribution in [0, 0.1) is 5.82 Å². The first-order valence-electron chi connectivity index (χ1n) is 10.2. The molecule has 3 aromatic carbocycles. The van der Waals surface area contributed by atoms with Crippen LogP contribution < -0.4 is 4.90 Å². The molecule has 150 valence electrons. The van der Waals surface area contributed by atoms with Crippen molar-refractivity contribution < 1.29 is 4.39 Å². The largest absolute Gasteiger partial charge is 0.357 e. The van der Waals surface area contributed by atoms with Crippen molar-refractivity contribution in [3.8, 4) is 0 Å². The molecule has 0 saturated carbocycles. The Bertz CT molecular complexity index is 1120. The van der Waals surface area contributed by atoms with Crippen molar-refractivity contribution in [2.45, 2.75) is 25.4 Å². The summed E-state index contributed by atoms with van der Waals surface area (Å²) in [6.45, 7) is 1.47. The number of rotatable bonds is 5. The van der Waals surface area contributed by atoms with Crippen molar-refractivity contribution in [3.05, 3.63) is 107 Å². The topological polar surface area (TPSA) is 46.8 Å². The molecule has 0 bridgehead atoms. The van der Waals surface area contributed by atoms with E-state index in [9.17, 15) is 4.39 Å². The Labute approximate surface area is 174 Å². The third kappa shape index (κ3) is 3.56. The van der Waals surface area contributed by atoms with E-state index < -0.39 is 0 Å². The van der Waals surface area contributed by atoms with Gasteiger partial charge in [-0.05, 0) is 58.2 Å². The second kappa shape index (κ2) is 8.06. The number of tetrazole rings is 1. The predicted octanol–water partition coefficient (Wildman–Crippen LogP) is 4.40. The number of anilines is 1. The minimum Gasteiger partial charge on any atom is -0.357 e. The van der Waals surface area contributed by atoms with E-state index in [4.69, 9.17) is 0 Å². The number of hydrogen-bond acceptors (Lipinski definition) is 4. The molecule has 0 unspecified atom stereocenters. The summed E-state index contributed by atoms with van der Waals surface area (Å²) in [6.07, 6.45) is 2.10. The molecule has 5 nitrogen and oxygen atoms in total. The number of fused-ring (bicyclic) bond motifs is 1. The number of aromatic nitrogens is 4. The Morgan fingerprint density at radius 3 is 2.50 bits per heavy atom. The first kappa shape index (κ1) is 18.5. The lowest BCUT2D eigenvalue weighted by Gasteiger charge is -2.37. The first-order chi connectivity index (χ1) is 14.8. The quantitative estimate of drug-likeness (QED) is 0.499. The predicted molar refractivity (Wildman–Crippen MR) is 114 cm³/mol. The van der Waals surface area contributed by atoms with Crippen LogP contribution in [-0.4, -0.2) is 26.8 Å². The summed E-state index contributed by atoms with van der Waals surface area (Å²) in [6, 6.07) is 25.1. The number of benzene rings is 3. The number of halogens is 1. The van der Waals surface area contributed by atoms with Crippen LogP contribution in [0.2, 0.25) is 0 Å². The molecule has 6 heteroatoms. The van der Waals surface area contributed by atoms with Gasteiger partial charge < -0.3 is 4.90 Å². The average Bonchev–Trinajstić information content (AvgIpc) is 3.24. The van der Waals surface area contributed by atoms with Gasteiger partial charge in [0.05, 0.1) is 6.54 Å². The molecular formula is C24H22FN5. The van der Waals surface area contributed by atoms with Gasteiger partial charge in [-0.2, -0.15) is 0 Å². The molecule has 0 amide bonds. The SMILES string of the molecule is Fc1ccc([C@H](c2nnnn2Cc2ccccc2)N2CCCc3ccccc32)cc1. The van der Waals surface area contributed by atoms with E-state index in [1.165, 1.54) is 23.4 Å². The molecule has 0 spiro atoms. The molecule has 4 aromatic rings. The molecule has 2 heterocycles. The first-order valence-corrected chi connectivity index (χ1v) is 10.2. The maximum atomic E-state index is 13.7. The van der Waals surface area contributed by atoms with Crippen molar-refractivity contribution in [1.82, 2.24) is 20.2 Å². The average molecular weight is 399 g/mol. The molecule has 1 aliphatic rings. The lowest BCUT2D eigenvalue weighted by atomic mass is 9.96. The van der Waals surface area contributed by atoms with Gasteiger partial charge in [0.15, 0.2) is 5.82 Å². The monoisotopic (exact) mass is 399 g/mol. The van der Waals surface area contributed by atoms with Gasteiger partial charge in [-0.25, -0.2) is 9.07 Å². The lowest BCUT2D eigenvalue weighted by Crippen LogP contribution is -2.36. The number of para-hydroxylation sites is 1. The van der Waals surface area contributed by atoms with Gasteiger partial charge in [-0.15, -0.1) is 5.10 Å². The molecule has 0 saturated heterocycles. The lowest BCUT2D eigenvalue weighted by molar-refractivity contribution is 0.556. The molecule has 1 aromatic heterocycles. The molecule has 0 N–H and O–H groups in total. The van der Waals surface area contributed by atoms with Gasteiger partial charge in [0, 0.05) is 12.2 Å². The van der Waals surface area contributed by atoms with Gasteiger partial charge in [0.1, 0.15) is 11.9 Å². The van der Waals surface area contributed by atoms with Crippen molar-refractivity contribution in [3.63, 3.8) is 0 Å². The van der Waals surface area contributed by atoms with Crippen LogP contribution in [-0.2, 0) is 13.0 Å². The summed E-state index contributed by atoms with van der Waals surface area (Å²) < 4.78 is 15.5. The highest BCUT2D eigenvalue weighted by atomic mass is 19.1. The Morgan fingerprint density at radius 1 is 0.900 bits per heavy atom. The standard InChI is InChI=1S/C24H22FN5/c25-21-14-12-20(13-15-21)23(29-16-6-10-19-9-4-5-11-22(19)29)24-26-27-28-30(24)17-18-7-2-1-3-8-18/h1-5,7-9,11-15,23H,6,10,16-17H2/t23-/m1/s1. The number of hydrogen-bond donors (Lipinski definition) is 0. The van der Waals surface area contributed by atoms with Crippen LogP contribution in [0.1, 0.15) is 35.0 Å². The maximum Gasteiger partial charge on any atom is 0.178 e. The number of aryl methyl sites for hydroxylation is 1. The van der Waals surface area contributed by atoms with Gasteiger partial charge in [0.2, 0.25) is 0 Å². The Morgan fingerprint density at radius 2 is 1.67 bits per heavy atom. The molecule has 30 heavy (non-hydrogen) atoms. The third-order valence-electron chi connectivity index (χ3n) is 5.62. The molecule has 0 aliphatic carbocycles. The van der Waals surface area contributed by atoms with E-state index in [0.29, 0.717) is 6.54 Å².